The summed E-state index contributed by atoms with van der Waals surface area (Å²) < 4.78 is 0. The van der Waals surface area contributed by atoms with E-state index in [-0.39, 0.29) is 5.92 Å². The number of hydrogen-bond donors (Lipinski definition) is 0. The third kappa shape index (κ3) is 2.17. The van der Waals surface area contributed by atoms with E-state index in [1.54, 1.807) is 0 Å². The standard InChI is InChI=1S/C12H21NO/c1-9-10(2)13(8-6-12(9)14)7-5-11-3-4-11/h9-11H,3-8H2,1-2H3. The molecule has 14 heavy (non-hydrogen) atoms. The van der Waals surface area contributed by atoms with Gasteiger partial charge in [0.15, 0.2) is 0 Å². The quantitative estimate of drug-likeness (QED) is 0.687. The van der Waals surface area contributed by atoms with Gasteiger partial charge in [-0.15, -0.1) is 0 Å². The first-order valence-electron chi connectivity index (χ1n) is 5.95. The molecule has 2 rings (SSSR count). The number of hydrogen-bond acceptors (Lipinski definition) is 2. The maximum Gasteiger partial charge on any atom is 0.138 e. The summed E-state index contributed by atoms with van der Waals surface area (Å²) in [5, 5.41) is 0. The number of ketones is 1. The molecule has 80 valence electrons. The van der Waals surface area contributed by atoms with E-state index in [2.05, 4.69) is 18.7 Å². The summed E-state index contributed by atoms with van der Waals surface area (Å²) in [6, 6.07) is 0.468. The monoisotopic (exact) mass is 195 g/mol. The van der Waals surface area contributed by atoms with Gasteiger partial charge >= 0.3 is 0 Å². The van der Waals surface area contributed by atoms with Crippen molar-refractivity contribution in [1.29, 1.82) is 0 Å². The number of Topliss-reactive ketones (excluding diaryl/α,β-unsaturated/α-hetero) is 1. The molecule has 0 bridgehead atoms. The minimum Gasteiger partial charge on any atom is -0.300 e. The van der Waals surface area contributed by atoms with E-state index in [0.717, 1.165) is 18.9 Å². The molecule has 2 nitrogen and oxygen atoms in total. The van der Waals surface area contributed by atoms with Crippen molar-refractivity contribution < 1.29 is 4.79 Å². The highest BCUT2D eigenvalue weighted by molar-refractivity contribution is 5.82. The second kappa shape index (κ2) is 4.01. The van der Waals surface area contributed by atoms with Crippen LogP contribution in [0.4, 0.5) is 0 Å². The highest BCUT2D eigenvalue weighted by Gasteiger charge is 2.31. The number of likely N-dealkylation sites (tertiary alicyclic amines) is 1. The number of piperidine rings is 1. The minimum atomic E-state index is 0.253. The van der Waals surface area contributed by atoms with Crippen LogP contribution in [0.5, 0.6) is 0 Å². The number of nitrogens with zero attached hydrogens (tertiary/aromatic N) is 1. The fourth-order valence-corrected chi connectivity index (χ4v) is 2.34. The fraction of sp³-hybridized carbons (Fsp3) is 0.917. The molecule has 2 fully saturated rings. The lowest BCUT2D eigenvalue weighted by Crippen LogP contribution is -2.47. The van der Waals surface area contributed by atoms with E-state index in [1.807, 2.05) is 0 Å². The highest BCUT2D eigenvalue weighted by atomic mass is 16.1. The Bertz CT molecular complexity index is 222. The molecule has 2 atom stereocenters. The Balaban J connectivity index is 1.82. The van der Waals surface area contributed by atoms with E-state index < -0.39 is 0 Å². The van der Waals surface area contributed by atoms with Gasteiger partial charge in [-0.05, 0) is 25.8 Å². The molecule has 0 N–H and O–H groups in total. The van der Waals surface area contributed by atoms with Gasteiger partial charge in [-0.1, -0.05) is 19.8 Å². The van der Waals surface area contributed by atoms with Crippen LogP contribution < -0.4 is 0 Å². The van der Waals surface area contributed by atoms with Crippen LogP contribution in [0.3, 0.4) is 0 Å². The topological polar surface area (TPSA) is 20.3 Å². The van der Waals surface area contributed by atoms with Crippen molar-refractivity contribution in [3.63, 3.8) is 0 Å². The summed E-state index contributed by atoms with van der Waals surface area (Å²) >= 11 is 0. The summed E-state index contributed by atoms with van der Waals surface area (Å²) in [4.78, 5) is 14.0. The van der Waals surface area contributed by atoms with Gasteiger partial charge in [-0.3, -0.25) is 9.69 Å². The lowest BCUT2D eigenvalue weighted by molar-refractivity contribution is -0.127. The maximum atomic E-state index is 11.5. The first-order chi connectivity index (χ1) is 6.68. The molecular formula is C12H21NO. The van der Waals surface area contributed by atoms with Crippen molar-refractivity contribution in [2.75, 3.05) is 13.1 Å². The Hall–Kier alpha value is -0.370. The summed E-state index contributed by atoms with van der Waals surface area (Å²) in [7, 11) is 0. The molecule has 1 saturated heterocycles. The maximum absolute atomic E-state index is 11.5. The zero-order valence-corrected chi connectivity index (χ0v) is 9.33. The first-order valence-corrected chi connectivity index (χ1v) is 5.95. The van der Waals surface area contributed by atoms with Gasteiger partial charge < -0.3 is 0 Å². The zero-order chi connectivity index (χ0) is 10.1. The van der Waals surface area contributed by atoms with Gasteiger partial charge in [0.25, 0.3) is 0 Å². The SMILES string of the molecule is CC1C(=O)CCN(CCC2CC2)C1C. The molecule has 0 aromatic rings. The first kappa shape index (κ1) is 10.2. The fourth-order valence-electron chi connectivity index (χ4n) is 2.34. The summed E-state index contributed by atoms with van der Waals surface area (Å²) in [6.07, 6.45) is 5.01. The van der Waals surface area contributed by atoms with Gasteiger partial charge in [-0.25, -0.2) is 0 Å². The van der Waals surface area contributed by atoms with Gasteiger partial charge in [0.05, 0.1) is 0 Å². The second-order valence-corrected chi connectivity index (χ2v) is 5.01. The summed E-state index contributed by atoms with van der Waals surface area (Å²) in [5.41, 5.74) is 0. The molecule has 2 unspecified atom stereocenters. The van der Waals surface area contributed by atoms with Crippen LogP contribution in [0.2, 0.25) is 0 Å². The molecule has 2 aliphatic rings. The summed E-state index contributed by atoms with van der Waals surface area (Å²) in [5.74, 6) is 1.72. The molecule has 0 aromatic carbocycles. The van der Waals surface area contributed by atoms with Gasteiger partial charge in [0.2, 0.25) is 0 Å². The molecule has 1 aliphatic heterocycles. The molecule has 0 spiro atoms. The Morgan fingerprint density at radius 2 is 2.07 bits per heavy atom. The highest BCUT2D eigenvalue weighted by Crippen LogP contribution is 2.33. The van der Waals surface area contributed by atoms with Gasteiger partial charge in [-0.2, -0.15) is 0 Å². The Morgan fingerprint density at radius 3 is 2.71 bits per heavy atom. The lowest BCUT2D eigenvalue weighted by atomic mass is 9.90. The molecule has 2 heteroatoms. The van der Waals surface area contributed by atoms with Gasteiger partial charge in [0.1, 0.15) is 5.78 Å². The lowest BCUT2D eigenvalue weighted by Gasteiger charge is -2.36. The zero-order valence-electron chi connectivity index (χ0n) is 9.33. The Morgan fingerprint density at radius 1 is 1.36 bits per heavy atom. The molecule has 0 aromatic heterocycles. The van der Waals surface area contributed by atoms with Crippen molar-refractivity contribution in [2.24, 2.45) is 11.8 Å². The molecule has 1 aliphatic carbocycles. The van der Waals surface area contributed by atoms with E-state index in [0.29, 0.717) is 11.8 Å². The molecule has 0 radical (unpaired) electrons. The van der Waals surface area contributed by atoms with Crippen LogP contribution in [0, 0.1) is 11.8 Å². The summed E-state index contributed by atoms with van der Waals surface area (Å²) in [6.45, 7) is 6.49. The van der Waals surface area contributed by atoms with Crippen LogP contribution in [0.25, 0.3) is 0 Å². The van der Waals surface area contributed by atoms with Crippen molar-refractivity contribution in [3.8, 4) is 0 Å². The van der Waals surface area contributed by atoms with Gasteiger partial charge in [0, 0.05) is 24.9 Å². The van der Waals surface area contributed by atoms with Crippen molar-refractivity contribution in [1.82, 2.24) is 4.90 Å². The van der Waals surface area contributed by atoms with E-state index in [1.165, 1.54) is 25.8 Å². The minimum absolute atomic E-state index is 0.253. The third-order valence-corrected chi connectivity index (χ3v) is 3.97. The average molecular weight is 195 g/mol. The number of carbonyl (C=O) groups is 1. The van der Waals surface area contributed by atoms with Crippen molar-refractivity contribution >= 4 is 5.78 Å². The van der Waals surface area contributed by atoms with E-state index in [9.17, 15) is 4.79 Å². The third-order valence-electron chi connectivity index (χ3n) is 3.97. The number of carbonyl (C=O) groups excluding carboxylic acids is 1. The largest absolute Gasteiger partial charge is 0.300 e. The predicted molar refractivity (Wildman–Crippen MR) is 57.2 cm³/mol. The molecule has 1 saturated carbocycles. The van der Waals surface area contributed by atoms with E-state index >= 15 is 0 Å². The average Bonchev–Trinajstić information content (AvgIpc) is 2.97. The Kier molecular flexibility index (Phi) is 2.91. The predicted octanol–water partition coefficient (Wildman–Crippen LogP) is 2.09. The smallest absolute Gasteiger partial charge is 0.138 e. The van der Waals surface area contributed by atoms with Crippen LogP contribution >= 0.6 is 0 Å². The normalized spacial score (nSPS) is 34.9. The van der Waals surface area contributed by atoms with Crippen LogP contribution in [-0.2, 0) is 4.79 Å². The van der Waals surface area contributed by atoms with Crippen LogP contribution in [-0.4, -0.2) is 29.8 Å². The molecule has 1 heterocycles. The number of rotatable bonds is 3. The Labute approximate surface area is 86.7 Å². The molecule has 0 amide bonds. The second-order valence-electron chi connectivity index (χ2n) is 5.01. The van der Waals surface area contributed by atoms with Crippen molar-refractivity contribution in [3.05, 3.63) is 0 Å². The van der Waals surface area contributed by atoms with E-state index in [4.69, 9.17) is 0 Å². The van der Waals surface area contributed by atoms with Crippen LogP contribution in [0.1, 0.15) is 39.5 Å². The van der Waals surface area contributed by atoms with Crippen molar-refractivity contribution in [2.45, 2.75) is 45.6 Å². The molecular weight excluding hydrogens is 174 g/mol. The van der Waals surface area contributed by atoms with Crippen LogP contribution in [0.15, 0.2) is 0 Å².